The first kappa shape index (κ1) is 24.3. The van der Waals surface area contributed by atoms with Gasteiger partial charge in [0.05, 0.1) is 44.3 Å². The van der Waals surface area contributed by atoms with Gasteiger partial charge < -0.3 is 29.0 Å². The number of hydrogen-bond acceptors (Lipinski definition) is 6. The Balaban J connectivity index is 1.64. The van der Waals surface area contributed by atoms with Crippen molar-refractivity contribution in [1.29, 1.82) is 0 Å². The van der Waals surface area contributed by atoms with Gasteiger partial charge in [-0.15, -0.1) is 0 Å². The molecule has 1 aliphatic heterocycles. The number of ether oxygens (including phenoxy) is 3. The Morgan fingerprint density at radius 3 is 2.46 bits per heavy atom. The molecule has 0 radical (unpaired) electrons. The lowest BCUT2D eigenvalue weighted by molar-refractivity contribution is 0.0600. The summed E-state index contributed by atoms with van der Waals surface area (Å²) in [5.74, 6) is 0.943. The number of hydrogen-bond donors (Lipinski definition) is 1. The standard InChI is InChI=1S/C28H26N4O4S/c1-34-20-13-14-22(24(17-20)35-2)32-26(25(30-28(32)37)21-7-4-5-15-29-21)23-8-6-16-31(23)19-11-9-18(10-12-19)27(33)36-3/h4-17,25-26H,1-3H3,(H,30,37). The summed E-state index contributed by atoms with van der Waals surface area (Å²) in [7, 11) is 4.62. The summed E-state index contributed by atoms with van der Waals surface area (Å²) in [6.45, 7) is 0. The lowest BCUT2D eigenvalue weighted by Crippen LogP contribution is -2.30. The summed E-state index contributed by atoms with van der Waals surface area (Å²) in [5.41, 5.74) is 4.02. The molecule has 2 atom stereocenters. The van der Waals surface area contributed by atoms with Crippen molar-refractivity contribution in [3.8, 4) is 17.2 Å². The third-order valence-corrected chi connectivity index (χ3v) is 6.71. The molecule has 0 aliphatic carbocycles. The summed E-state index contributed by atoms with van der Waals surface area (Å²) >= 11 is 5.88. The third kappa shape index (κ3) is 4.49. The van der Waals surface area contributed by atoms with Crippen molar-refractivity contribution in [2.24, 2.45) is 0 Å². The maximum absolute atomic E-state index is 11.9. The second kappa shape index (κ2) is 10.3. The molecule has 9 heteroatoms. The Morgan fingerprint density at radius 1 is 0.973 bits per heavy atom. The van der Waals surface area contributed by atoms with Gasteiger partial charge in [-0.2, -0.15) is 0 Å². The maximum Gasteiger partial charge on any atom is 0.337 e. The van der Waals surface area contributed by atoms with Crippen LogP contribution in [0.25, 0.3) is 5.69 Å². The van der Waals surface area contributed by atoms with Crippen molar-refractivity contribution in [2.45, 2.75) is 12.1 Å². The molecule has 0 spiro atoms. The zero-order valence-corrected chi connectivity index (χ0v) is 21.4. The van der Waals surface area contributed by atoms with E-state index >= 15 is 0 Å². The maximum atomic E-state index is 11.9. The van der Waals surface area contributed by atoms with E-state index < -0.39 is 0 Å². The van der Waals surface area contributed by atoms with Gasteiger partial charge in [0.15, 0.2) is 5.11 Å². The normalized spacial score (nSPS) is 16.8. The molecule has 0 bridgehead atoms. The van der Waals surface area contributed by atoms with Gasteiger partial charge in [-0.05, 0) is 72.9 Å². The Hall–Kier alpha value is -4.37. The molecule has 1 saturated heterocycles. The summed E-state index contributed by atoms with van der Waals surface area (Å²) in [6, 6.07) is 22.4. The van der Waals surface area contributed by atoms with Crippen LogP contribution in [0.1, 0.15) is 33.8 Å². The Labute approximate surface area is 220 Å². The highest BCUT2D eigenvalue weighted by Crippen LogP contribution is 2.45. The second-order valence-electron chi connectivity index (χ2n) is 8.38. The molecule has 37 heavy (non-hydrogen) atoms. The number of carbonyl (C=O) groups excluding carboxylic acids is 1. The molecule has 8 nitrogen and oxygen atoms in total. The number of anilines is 1. The molecular formula is C28H26N4O4S. The summed E-state index contributed by atoms with van der Waals surface area (Å²) in [4.78, 5) is 18.6. The fourth-order valence-electron chi connectivity index (χ4n) is 4.64. The van der Waals surface area contributed by atoms with Crippen LogP contribution >= 0.6 is 12.2 Å². The van der Waals surface area contributed by atoms with Crippen LogP contribution in [-0.4, -0.2) is 42.0 Å². The minimum atomic E-state index is -0.377. The van der Waals surface area contributed by atoms with Crippen molar-refractivity contribution in [3.05, 3.63) is 102 Å². The van der Waals surface area contributed by atoms with Crippen molar-refractivity contribution in [2.75, 3.05) is 26.2 Å². The SMILES string of the molecule is COC(=O)c1ccc(-n2cccc2C2C(c3ccccn3)NC(=S)N2c2ccc(OC)cc2OC)cc1. The van der Waals surface area contributed by atoms with Gasteiger partial charge in [-0.25, -0.2) is 4.79 Å². The number of benzene rings is 2. The first-order valence-corrected chi connectivity index (χ1v) is 12.0. The van der Waals surface area contributed by atoms with E-state index in [1.165, 1.54) is 7.11 Å². The number of aromatic nitrogens is 2. The lowest BCUT2D eigenvalue weighted by atomic mass is 10.0. The first-order chi connectivity index (χ1) is 18.0. The van der Waals surface area contributed by atoms with Crippen LogP contribution in [0.4, 0.5) is 5.69 Å². The number of nitrogens with zero attached hydrogens (tertiary/aromatic N) is 3. The molecule has 0 amide bonds. The van der Waals surface area contributed by atoms with Crippen LogP contribution in [-0.2, 0) is 4.74 Å². The van der Waals surface area contributed by atoms with Crippen LogP contribution in [0.2, 0.25) is 0 Å². The average molecular weight is 515 g/mol. The van der Waals surface area contributed by atoms with Gasteiger partial charge >= 0.3 is 5.97 Å². The first-order valence-electron chi connectivity index (χ1n) is 11.6. The van der Waals surface area contributed by atoms with E-state index in [4.69, 9.17) is 26.4 Å². The van der Waals surface area contributed by atoms with Crippen molar-refractivity contribution in [1.82, 2.24) is 14.9 Å². The Morgan fingerprint density at radius 2 is 1.78 bits per heavy atom. The number of rotatable bonds is 7. The van der Waals surface area contributed by atoms with E-state index in [1.54, 1.807) is 32.5 Å². The van der Waals surface area contributed by atoms with E-state index in [-0.39, 0.29) is 18.1 Å². The fourth-order valence-corrected chi connectivity index (χ4v) is 4.98. The quantitative estimate of drug-likeness (QED) is 0.277. The Bertz CT molecular complexity index is 1420. The van der Waals surface area contributed by atoms with Crippen LogP contribution in [0, 0.1) is 0 Å². The van der Waals surface area contributed by atoms with E-state index in [0.717, 1.165) is 22.8 Å². The molecule has 0 saturated carbocycles. The van der Waals surface area contributed by atoms with Crippen LogP contribution in [0.15, 0.2) is 85.2 Å². The van der Waals surface area contributed by atoms with E-state index in [2.05, 4.69) is 25.8 Å². The monoisotopic (exact) mass is 514 g/mol. The molecule has 2 aromatic heterocycles. The Kier molecular flexibility index (Phi) is 6.78. The minimum absolute atomic E-state index is 0.233. The number of methoxy groups -OCH3 is 3. The van der Waals surface area contributed by atoms with Gasteiger partial charge in [-0.1, -0.05) is 6.07 Å². The smallest absolute Gasteiger partial charge is 0.337 e. The van der Waals surface area contributed by atoms with E-state index in [1.807, 2.05) is 60.8 Å². The van der Waals surface area contributed by atoms with Crippen LogP contribution in [0.5, 0.6) is 11.5 Å². The highest BCUT2D eigenvalue weighted by molar-refractivity contribution is 7.80. The lowest BCUT2D eigenvalue weighted by Gasteiger charge is -2.30. The second-order valence-corrected chi connectivity index (χ2v) is 8.76. The van der Waals surface area contributed by atoms with Crippen molar-refractivity contribution < 1.29 is 19.0 Å². The summed E-state index contributed by atoms with van der Waals surface area (Å²) in [6.07, 6.45) is 3.76. The topological polar surface area (TPSA) is 77.9 Å². The molecule has 5 rings (SSSR count). The van der Waals surface area contributed by atoms with E-state index in [0.29, 0.717) is 22.2 Å². The number of thiocarbonyl (C=S) groups is 1. The highest BCUT2D eigenvalue weighted by atomic mass is 32.1. The summed E-state index contributed by atoms with van der Waals surface area (Å²) in [5, 5.41) is 4.03. The van der Waals surface area contributed by atoms with Crippen molar-refractivity contribution in [3.63, 3.8) is 0 Å². The highest BCUT2D eigenvalue weighted by Gasteiger charge is 2.43. The molecule has 1 aliphatic rings. The van der Waals surface area contributed by atoms with Gasteiger partial charge in [0.25, 0.3) is 0 Å². The summed E-state index contributed by atoms with van der Waals surface area (Å²) < 4.78 is 18.1. The van der Waals surface area contributed by atoms with Gasteiger partial charge in [0, 0.05) is 29.8 Å². The number of nitrogens with one attached hydrogen (secondary N) is 1. The van der Waals surface area contributed by atoms with Gasteiger partial charge in [-0.3, -0.25) is 4.98 Å². The zero-order valence-electron chi connectivity index (χ0n) is 20.6. The molecular weight excluding hydrogens is 488 g/mol. The predicted octanol–water partition coefficient (Wildman–Crippen LogP) is 4.85. The third-order valence-electron chi connectivity index (χ3n) is 6.39. The van der Waals surface area contributed by atoms with E-state index in [9.17, 15) is 4.79 Å². The van der Waals surface area contributed by atoms with Crippen molar-refractivity contribution >= 4 is 29.0 Å². The molecule has 2 aromatic carbocycles. The number of pyridine rings is 1. The van der Waals surface area contributed by atoms with Gasteiger partial charge in [0.2, 0.25) is 0 Å². The molecule has 1 N–H and O–H groups in total. The van der Waals surface area contributed by atoms with Gasteiger partial charge in [0.1, 0.15) is 17.5 Å². The predicted molar refractivity (Wildman–Crippen MR) is 145 cm³/mol. The molecule has 188 valence electrons. The molecule has 3 heterocycles. The number of esters is 1. The van der Waals surface area contributed by atoms with Crippen LogP contribution < -0.4 is 19.7 Å². The number of carbonyl (C=O) groups is 1. The van der Waals surface area contributed by atoms with Crippen LogP contribution in [0.3, 0.4) is 0 Å². The largest absolute Gasteiger partial charge is 0.497 e. The minimum Gasteiger partial charge on any atom is -0.497 e. The molecule has 1 fully saturated rings. The molecule has 4 aromatic rings. The fraction of sp³-hybridized carbons (Fsp3) is 0.179. The zero-order chi connectivity index (χ0) is 25.9. The average Bonchev–Trinajstić information content (AvgIpc) is 3.57. The molecule has 2 unspecified atom stereocenters.